The summed E-state index contributed by atoms with van der Waals surface area (Å²) in [7, 11) is 0. The smallest absolute Gasteiger partial charge is 0.0714 e. The number of nitrogens with zero attached hydrogens (tertiary/aromatic N) is 1. The highest BCUT2D eigenvalue weighted by Gasteiger charge is 2.46. The largest absolute Gasteiger partial charge is 0.310 e. The Morgan fingerprint density at radius 1 is 0.350 bits per heavy atom. The van der Waals surface area contributed by atoms with E-state index in [1.54, 1.807) is 0 Å². The zero-order valence-corrected chi connectivity index (χ0v) is 34.0. The molecule has 0 saturated carbocycles. The van der Waals surface area contributed by atoms with Gasteiger partial charge in [-0.25, -0.2) is 0 Å². The molecule has 0 saturated heterocycles. The lowest BCUT2D eigenvalue weighted by Gasteiger charge is -2.35. The molecule has 0 spiro atoms. The van der Waals surface area contributed by atoms with Crippen molar-refractivity contribution in [1.29, 1.82) is 0 Å². The van der Waals surface area contributed by atoms with Crippen molar-refractivity contribution < 1.29 is 0 Å². The van der Waals surface area contributed by atoms with E-state index in [1.807, 2.05) is 0 Å². The molecule has 0 unspecified atom stereocenters. The number of para-hydroxylation sites is 1. The summed E-state index contributed by atoms with van der Waals surface area (Å²) in [5.74, 6) is 0. The van der Waals surface area contributed by atoms with E-state index in [4.69, 9.17) is 0 Å². The third-order valence-corrected chi connectivity index (χ3v) is 13.1. The molecule has 11 rings (SSSR count). The van der Waals surface area contributed by atoms with E-state index in [0.29, 0.717) is 0 Å². The van der Waals surface area contributed by atoms with E-state index in [9.17, 15) is 0 Å². The van der Waals surface area contributed by atoms with Crippen molar-refractivity contribution in [3.05, 3.63) is 258 Å². The third-order valence-electron chi connectivity index (χ3n) is 13.1. The van der Waals surface area contributed by atoms with Crippen molar-refractivity contribution in [3.63, 3.8) is 0 Å². The average Bonchev–Trinajstić information content (AvgIpc) is 3.61. The van der Waals surface area contributed by atoms with E-state index in [1.165, 1.54) is 77.9 Å². The van der Waals surface area contributed by atoms with Gasteiger partial charge in [-0.2, -0.15) is 0 Å². The number of rotatable bonds is 7. The Hall–Kier alpha value is -7.22. The monoisotopic (exact) mass is 767 g/mol. The summed E-state index contributed by atoms with van der Waals surface area (Å²) in [5.41, 5.74) is 21.0. The Kier molecular flexibility index (Phi) is 8.53. The van der Waals surface area contributed by atoms with Crippen LogP contribution in [0.3, 0.4) is 0 Å². The van der Waals surface area contributed by atoms with Gasteiger partial charge in [-0.15, -0.1) is 0 Å². The second-order valence-corrected chi connectivity index (χ2v) is 17.0. The predicted octanol–water partition coefficient (Wildman–Crippen LogP) is 15.4. The minimum atomic E-state index is -0.502. The van der Waals surface area contributed by atoms with Crippen molar-refractivity contribution >= 4 is 17.1 Å². The highest BCUT2D eigenvalue weighted by molar-refractivity contribution is 5.93. The van der Waals surface area contributed by atoms with Gasteiger partial charge in [0.15, 0.2) is 0 Å². The SMILES string of the molecule is CC1(C)Cc2c(-c3ccc(N(c4ccc5c(c4)C(c4ccccc4)(c4ccccc4)c4ccccc4-5)c4ccccc4-c4ccccc4)cc3)cccc2-c2ccccc21. The summed E-state index contributed by atoms with van der Waals surface area (Å²) < 4.78 is 0. The molecule has 9 aromatic rings. The van der Waals surface area contributed by atoms with Gasteiger partial charge in [0.05, 0.1) is 11.1 Å². The van der Waals surface area contributed by atoms with E-state index in [2.05, 4.69) is 243 Å². The first-order valence-electron chi connectivity index (χ1n) is 21.1. The fourth-order valence-electron chi connectivity index (χ4n) is 10.5. The van der Waals surface area contributed by atoms with Gasteiger partial charge in [0.1, 0.15) is 0 Å². The fourth-order valence-corrected chi connectivity index (χ4v) is 10.5. The van der Waals surface area contributed by atoms with Gasteiger partial charge >= 0.3 is 0 Å². The van der Waals surface area contributed by atoms with Gasteiger partial charge in [0.2, 0.25) is 0 Å². The second-order valence-electron chi connectivity index (χ2n) is 17.0. The van der Waals surface area contributed by atoms with Crippen LogP contribution in [0.4, 0.5) is 17.1 Å². The van der Waals surface area contributed by atoms with Crippen molar-refractivity contribution in [1.82, 2.24) is 0 Å². The Bertz CT molecular complexity index is 2980. The molecular formula is C59H45N. The highest BCUT2D eigenvalue weighted by atomic mass is 15.1. The van der Waals surface area contributed by atoms with Gasteiger partial charge in [-0.1, -0.05) is 208 Å². The Morgan fingerprint density at radius 2 is 0.833 bits per heavy atom. The predicted molar refractivity (Wildman–Crippen MR) is 251 cm³/mol. The van der Waals surface area contributed by atoms with E-state index in [0.717, 1.165) is 23.5 Å². The number of fused-ring (bicyclic) bond motifs is 6. The zero-order chi connectivity index (χ0) is 40.3. The first-order valence-corrected chi connectivity index (χ1v) is 21.1. The van der Waals surface area contributed by atoms with Crippen LogP contribution >= 0.6 is 0 Å². The summed E-state index contributed by atoms with van der Waals surface area (Å²) in [6, 6.07) is 83.1. The molecule has 2 aliphatic rings. The van der Waals surface area contributed by atoms with Crippen LogP contribution in [0.1, 0.15) is 47.2 Å². The minimum Gasteiger partial charge on any atom is -0.310 e. The van der Waals surface area contributed by atoms with E-state index >= 15 is 0 Å². The van der Waals surface area contributed by atoms with Gasteiger partial charge in [0.25, 0.3) is 0 Å². The standard InChI is InChI=1S/C59H45N/c1-58(2)40-53-47(28-18-29-49(53)50-26-12-15-30-54(50)58)42-33-35-45(36-34-42)60(57-32-17-14-25-48(57)41-19-6-3-7-20-41)46-37-38-52-51-27-13-16-31-55(51)59(56(52)39-46,43-21-8-4-9-22-43)44-23-10-5-11-24-44/h3-39H,40H2,1-2H3. The summed E-state index contributed by atoms with van der Waals surface area (Å²) in [6.07, 6.45) is 0.996. The lowest BCUT2D eigenvalue weighted by atomic mass is 9.67. The molecule has 0 aliphatic heterocycles. The maximum atomic E-state index is 2.47. The third kappa shape index (κ3) is 5.61. The fraction of sp³-hybridized carbons (Fsp3) is 0.0847. The average molecular weight is 768 g/mol. The summed E-state index contributed by atoms with van der Waals surface area (Å²) in [5, 5.41) is 0. The van der Waals surface area contributed by atoms with Crippen LogP contribution in [0.15, 0.2) is 224 Å². The number of hydrogen-bond acceptors (Lipinski definition) is 1. The molecule has 0 bridgehead atoms. The molecule has 0 N–H and O–H groups in total. The quantitative estimate of drug-likeness (QED) is 0.156. The van der Waals surface area contributed by atoms with Crippen molar-refractivity contribution in [3.8, 4) is 44.5 Å². The Morgan fingerprint density at radius 3 is 1.52 bits per heavy atom. The Labute approximate surface area is 353 Å². The summed E-state index contributed by atoms with van der Waals surface area (Å²) >= 11 is 0. The first-order chi connectivity index (χ1) is 29.5. The van der Waals surface area contributed by atoms with Crippen LogP contribution in [0.25, 0.3) is 44.5 Å². The molecule has 0 heterocycles. The van der Waals surface area contributed by atoms with Crippen LogP contribution in [0.2, 0.25) is 0 Å². The van der Waals surface area contributed by atoms with Gasteiger partial charge in [-0.05, 0) is 114 Å². The molecule has 0 aromatic heterocycles. The van der Waals surface area contributed by atoms with Crippen LogP contribution in [0, 0.1) is 0 Å². The lowest BCUT2D eigenvalue weighted by molar-refractivity contribution is 0.518. The molecule has 1 nitrogen and oxygen atoms in total. The summed E-state index contributed by atoms with van der Waals surface area (Å²) in [6.45, 7) is 4.77. The van der Waals surface area contributed by atoms with Gasteiger partial charge < -0.3 is 4.90 Å². The second kappa shape index (κ2) is 14.3. The van der Waals surface area contributed by atoms with Crippen LogP contribution in [-0.2, 0) is 17.3 Å². The minimum absolute atomic E-state index is 0.0412. The van der Waals surface area contributed by atoms with Crippen molar-refractivity contribution in [2.75, 3.05) is 4.90 Å². The molecule has 60 heavy (non-hydrogen) atoms. The van der Waals surface area contributed by atoms with Crippen LogP contribution < -0.4 is 4.90 Å². The molecule has 286 valence electrons. The molecular weight excluding hydrogens is 723 g/mol. The normalized spacial score (nSPS) is 14.0. The molecule has 0 fully saturated rings. The van der Waals surface area contributed by atoms with Gasteiger partial charge in [0, 0.05) is 16.9 Å². The molecule has 0 atom stereocenters. The topological polar surface area (TPSA) is 3.24 Å². The first kappa shape index (κ1) is 35.9. The molecule has 0 amide bonds. The number of benzene rings is 9. The molecule has 0 radical (unpaired) electrons. The highest BCUT2D eigenvalue weighted by Crippen LogP contribution is 2.57. The molecule has 2 aliphatic carbocycles. The van der Waals surface area contributed by atoms with Crippen LogP contribution in [-0.4, -0.2) is 0 Å². The van der Waals surface area contributed by atoms with E-state index in [-0.39, 0.29) is 5.41 Å². The van der Waals surface area contributed by atoms with Crippen molar-refractivity contribution in [2.24, 2.45) is 0 Å². The van der Waals surface area contributed by atoms with Gasteiger partial charge in [-0.3, -0.25) is 0 Å². The Balaban J connectivity index is 1.12. The molecule has 1 heteroatoms. The summed E-state index contributed by atoms with van der Waals surface area (Å²) in [4.78, 5) is 2.47. The molecule has 9 aromatic carbocycles. The number of hydrogen-bond donors (Lipinski definition) is 0. The van der Waals surface area contributed by atoms with Crippen LogP contribution in [0.5, 0.6) is 0 Å². The maximum Gasteiger partial charge on any atom is 0.0714 e. The maximum absolute atomic E-state index is 2.47. The number of anilines is 3. The van der Waals surface area contributed by atoms with E-state index < -0.39 is 5.41 Å². The zero-order valence-electron chi connectivity index (χ0n) is 34.0. The lowest BCUT2D eigenvalue weighted by Crippen LogP contribution is -2.28. The van der Waals surface area contributed by atoms with Crippen molar-refractivity contribution in [2.45, 2.75) is 31.1 Å².